The Morgan fingerprint density at radius 1 is 1.00 bits per heavy atom. The molecule has 1 heterocycles. The van der Waals surface area contributed by atoms with Crippen LogP contribution in [0.1, 0.15) is 5.56 Å². The molecule has 0 saturated carbocycles. The van der Waals surface area contributed by atoms with Gasteiger partial charge in [-0.3, -0.25) is 0 Å². The number of carbonyl (C=O) groups is 1. The molecule has 0 spiro atoms. The SMILES string of the molecule is COc1ccc(OC)c(/C=C/C(=O)Oc2ccc3c(c2)OCO3)c1. The van der Waals surface area contributed by atoms with Crippen LogP contribution in [-0.4, -0.2) is 27.0 Å². The summed E-state index contributed by atoms with van der Waals surface area (Å²) >= 11 is 0. The van der Waals surface area contributed by atoms with E-state index in [4.69, 9.17) is 23.7 Å². The van der Waals surface area contributed by atoms with Gasteiger partial charge in [-0.15, -0.1) is 0 Å². The van der Waals surface area contributed by atoms with E-state index in [1.54, 1.807) is 56.7 Å². The third-order valence-electron chi connectivity index (χ3n) is 3.40. The maximum absolute atomic E-state index is 12.0. The van der Waals surface area contributed by atoms with Gasteiger partial charge >= 0.3 is 5.97 Å². The Bertz CT molecular complexity index is 781. The molecule has 6 nitrogen and oxygen atoms in total. The van der Waals surface area contributed by atoms with Crippen molar-refractivity contribution in [3.63, 3.8) is 0 Å². The number of ether oxygens (including phenoxy) is 5. The molecule has 0 saturated heterocycles. The lowest BCUT2D eigenvalue weighted by molar-refractivity contribution is -0.128. The predicted molar refractivity (Wildman–Crippen MR) is 86.8 cm³/mol. The summed E-state index contributed by atoms with van der Waals surface area (Å²) in [5, 5.41) is 0. The molecular formula is C18H16O6. The van der Waals surface area contributed by atoms with Gasteiger partial charge < -0.3 is 23.7 Å². The summed E-state index contributed by atoms with van der Waals surface area (Å²) in [5.74, 6) is 2.35. The Balaban J connectivity index is 1.71. The van der Waals surface area contributed by atoms with Crippen LogP contribution in [0.4, 0.5) is 0 Å². The third-order valence-corrected chi connectivity index (χ3v) is 3.40. The largest absolute Gasteiger partial charge is 0.497 e. The second-order valence-corrected chi connectivity index (χ2v) is 4.88. The van der Waals surface area contributed by atoms with Crippen LogP contribution >= 0.6 is 0 Å². The molecule has 0 aromatic heterocycles. The molecule has 0 radical (unpaired) electrons. The fourth-order valence-electron chi connectivity index (χ4n) is 2.22. The minimum atomic E-state index is -0.515. The zero-order chi connectivity index (χ0) is 16.9. The summed E-state index contributed by atoms with van der Waals surface area (Å²) in [6, 6.07) is 10.3. The van der Waals surface area contributed by atoms with Crippen molar-refractivity contribution in [2.24, 2.45) is 0 Å². The zero-order valence-corrected chi connectivity index (χ0v) is 13.3. The average molecular weight is 328 g/mol. The van der Waals surface area contributed by atoms with Crippen molar-refractivity contribution in [3.05, 3.63) is 48.0 Å². The van der Waals surface area contributed by atoms with Crippen molar-refractivity contribution < 1.29 is 28.5 Å². The van der Waals surface area contributed by atoms with Crippen LogP contribution in [0, 0.1) is 0 Å². The predicted octanol–water partition coefficient (Wildman–Crippen LogP) is 3.05. The highest BCUT2D eigenvalue weighted by molar-refractivity contribution is 5.89. The van der Waals surface area contributed by atoms with E-state index in [-0.39, 0.29) is 6.79 Å². The van der Waals surface area contributed by atoms with Gasteiger partial charge in [-0.25, -0.2) is 4.79 Å². The number of methoxy groups -OCH3 is 2. The minimum absolute atomic E-state index is 0.169. The number of carbonyl (C=O) groups excluding carboxylic acids is 1. The van der Waals surface area contributed by atoms with E-state index in [0.717, 1.165) is 0 Å². The summed E-state index contributed by atoms with van der Waals surface area (Å²) in [6.45, 7) is 0.169. The molecule has 3 rings (SSSR count). The summed E-state index contributed by atoms with van der Waals surface area (Å²) < 4.78 is 26.1. The highest BCUT2D eigenvalue weighted by Crippen LogP contribution is 2.35. The first-order valence-corrected chi connectivity index (χ1v) is 7.21. The first kappa shape index (κ1) is 15.7. The molecule has 0 atom stereocenters. The fraction of sp³-hybridized carbons (Fsp3) is 0.167. The summed E-state index contributed by atoms with van der Waals surface area (Å²) in [7, 11) is 3.13. The van der Waals surface area contributed by atoms with Crippen LogP contribution in [0.3, 0.4) is 0 Å². The Morgan fingerprint density at radius 2 is 1.79 bits per heavy atom. The molecule has 0 bridgehead atoms. The third kappa shape index (κ3) is 3.43. The van der Waals surface area contributed by atoms with Crippen molar-refractivity contribution in [3.8, 4) is 28.7 Å². The fourth-order valence-corrected chi connectivity index (χ4v) is 2.22. The second kappa shape index (κ2) is 6.95. The van der Waals surface area contributed by atoms with E-state index in [0.29, 0.717) is 34.3 Å². The lowest BCUT2D eigenvalue weighted by Crippen LogP contribution is -2.03. The Kier molecular flexibility index (Phi) is 4.56. The maximum Gasteiger partial charge on any atom is 0.336 e. The van der Waals surface area contributed by atoms with Crippen LogP contribution in [0.2, 0.25) is 0 Å². The number of rotatable bonds is 5. The normalized spacial score (nSPS) is 12.2. The molecule has 0 N–H and O–H groups in total. The van der Waals surface area contributed by atoms with Gasteiger partial charge in [0.05, 0.1) is 14.2 Å². The van der Waals surface area contributed by atoms with Gasteiger partial charge in [-0.2, -0.15) is 0 Å². The summed E-state index contributed by atoms with van der Waals surface area (Å²) in [5.41, 5.74) is 0.708. The molecule has 124 valence electrons. The Hall–Kier alpha value is -3.15. The number of benzene rings is 2. The van der Waals surface area contributed by atoms with Gasteiger partial charge in [-0.05, 0) is 36.4 Å². The molecule has 1 aliphatic heterocycles. The van der Waals surface area contributed by atoms with Crippen LogP contribution in [0.15, 0.2) is 42.5 Å². The maximum atomic E-state index is 12.0. The van der Waals surface area contributed by atoms with Crippen molar-refractivity contribution in [2.45, 2.75) is 0 Å². The minimum Gasteiger partial charge on any atom is -0.497 e. The van der Waals surface area contributed by atoms with Crippen molar-refractivity contribution in [1.82, 2.24) is 0 Å². The van der Waals surface area contributed by atoms with E-state index in [2.05, 4.69) is 0 Å². The Labute approximate surface area is 139 Å². The van der Waals surface area contributed by atoms with Crippen LogP contribution in [0.25, 0.3) is 6.08 Å². The smallest absolute Gasteiger partial charge is 0.336 e. The molecule has 1 aliphatic rings. The summed E-state index contributed by atoms with van der Waals surface area (Å²) in [6.07, 6.45) is 2.93. The van der Waals surface area contributed by atoms with Crippen LogP contribution in [-0.2, 0) is 4.79 Å². The van der Waals surface area contributed by atoms with E-state index in [1.807, 2.05) is 0 Å². The van der Waals surface area contributed by atoms with Gasteiger partial charge in [0.15, 0.2) is 11.5 Å². The topological polar surface area (TPSA) is 63.2 Å². The molecule has 2 aromatic rings. The lowest BCUT2D eigenvalue weighted by atomic mass is 10.1. The van der Waals surface area contributed by atoms with Gasteiger partial charge in [0.1, 0.15) is 17.2 Å². The highest BCUT2D eigenvalue weighted by Gasteiger charge is 2.14. The van der Waals surface area contributed by atoms with Crippen LogP contribution < -0.4 is 23.7 Å². The van der Waals surface area contributed by atoms with E-state index >= 15 is 0 Å². The number of hydrogen-bond donors (Lipinski definition) is 0. The highest BCUT2D eigenvalue weighted by atomic mass is 16.7. The number of hydrogen-bond acceptors (Lipinski definition) is 6. The molecule has 0 amide bonds. The first-order chi connectivity index (χ1) is 11.7. The molecular weight excluding hydrogens is 312 g/mol. The monoisotopic (exact) mass is 328 g/mol. The lowest BCUT2D eigenvalue weighted by Gasteiger charge is -2.07. The van der Waals surface area contributed by atoms with E-state index in [1.165, 1.54) is 6.08 Å². The van der Waals surface area contributed by atoms with Gasteiger partial charge in [0.2, 0.25) is 6.79 Å². The quantitative estimate of drug-likeness (QED) is 0.477. The molecule has 0 aliphatic carbocycles. The van der Waals surface area contributed by atoms with Crippen LogP contribution in [0.5, 0.6) is 28.7 Å². The molecule has 6 heteroatoms. The molecule has 0 fully saturated rings. The average Bonchev–Trinajstić information content (AvgIpc) is 3.07. The Morgan fingerprint density at radius 3 is 2.58 bits per heavy atom. The van der Waals surface area contributed by atoms with Gasteiger partial charge in [0.25, 0.3) is 0 Å². The zero-order valence-electron chi connectivity index (χ0n) is 13.3. The first-order valence-electron chi connectivity index (χ1n) is 7.21. The van der Waals surface area contributed by atoms with Crippen molar-refractivity contribution >= 4 is 12.0 Å². The van der Waals surface area contributed by atoms with Crippen molar-refractivity contribution in [2.75, 3.05) is 21.0 Å². The summed E-state index contributed by atoms with van der Waals surface area (Å²) in [4.78, 5) is 12.0. The van der Waals surface area contributed by atoms with Crippen molar-refractivity contribution in [1.29, 1.82) is 0 Å². The van der Waals surface area contributed by atoms with Gasteiger partial charge in [0, 0.05) is 17.7 Å². The molecule has 24 heavy (non-hydrogen) atoms. The van der Waals surface area contributed by atoms with Gasteiger partial charge in [-0.1, -0.05) is 0 Å². The van der Waals surface area contributed by atoms with E-state index in [9.17, 15) is 4.79 Å². The molecule has 0 unspecified atom stereocenters. The van der Waals surface area contributed by atoms with E-state index < -0.39 is 5.97 Å². The standard InChI is InChI=1S/C18H16O6/c1-20-13-4-6-15(21-2)12(9-13)3-8-18(19)24-14-5-7-16-17(10-14)23-11-22-16/h3-10H,11H2,1-2H3/b8-3+. The number of fused-ring (bicyclic) bond motifs is 1. The molecule has 2 aromatic carbocycles. The number of esters is 1. The second-order valence-electron chi connectivity index (χ2n) is 4.88.